The summed E-state index contributed by atoms with van der Waals surface area (Å²) in [7, 11) is 0. The molecule has 4 rings (SSSR count). The summed E-state index contributed by atoms with van der Waals surface area (Å²) in [4.78, 5) is 26.2. The molecule has 0 unspecified atom stereocenters. The fraction of sp³-hybridized carbons (Fsp3) is 0.200. The first-order valence-corrected chi connectivity index (χ1v) is 9.59. The third kappa shape index (κ3) is 4.07. The molecule has 0 atom stereocenters. The van der Waals surface area contributed by atoms with E-state index in [9.17, 15) is 14.0 Å². The van der Waals surface area contributed by atoms with Crippen molar-refractivity contribution in [1.29, 1.82) is 0 Å². The summed E-state index contributed by atoms with van der Waals surface area (Å²) in [6, 6.07) is 10.6. The van der Waals surface area contributed by atoms with Crippen molar-refractivity contribution in [2.45, 2.75) is 25.9 Å². The van der Waals surface area contributed by atoms with Gasteiger partial charge in [0.15, 0.2) is 5.76 Å². The first kappa shape index (κ1) is 18.2. The highest BCUT2D eigenvalue weighted by Crippen LogP contribution is 2.30. The van der Waals surface area contributed by atoms with Gasteiger partial charge >= 0.3 is 5.91 Å². The van der Waals surface area contributed by atoms with Crippen molar-refractivity contribution in [3.63, 3.8) is 0 Å². The molecule has 0 bridgehead atoms. The van der Waals surface area contributed by atoms with E-state index in [1.165, 1.54) is 52.1 Å². The summed E-state index contributed by atoms with van der Waals surface area (Å²) in [5.74, 6) is -0.302. The molecule has 0 aliphatic heterocycles. The lowest BCUT2D eigenvalue weighted by atomic mass is 10.2. The second-order valence-electron chi connectivity index (χ2n) is 6.33. The molecule has 0 spiro atoms. The van der Waals surface area contributed by atoms with E-state index in [1.54, 1.807) is 6.07 Å². The SMILES string of the molecule is O=C(NNC(=O)c1cc2c(s1)CCC2)c1ccc(COc2ccc(F)cc2)o1. The monoisotopic (exact) mass is 400 g/mol. The van der Waals surface area contributed by atoms with Crippen molar-refractivity contribution in [2.75, 3.05) is 0 Å². The molecule has 1 aliphatic carbocycles. The zero-order chi connectivity index (χ0) is 19.5. The van der Waals surface area contributed by atoms with Crippen LogP contribution in [0.4, 0.5) is 4.39 Å². The number of halogens is 1. The minimum Gasteiger partial charge on any atom is -0.486 e. The smallest absolute Gasteiger partial charge is 0.305 e. The molecule has 28 heavy (non-hydrogen) atoms. The van der Waals surface area contributed by atoms with Crippen LogP contribution in [0.15, 0.2) is 46.9 Å². The summed E-state index contributed by atoms with van der Waals surface area (Å²) < 4.78 is 23.8. The molecule has 2 aromatic heterocycles. The normalized spacial score (nSPS) is 12.5. The Hall–Kier alpha value is -3.13. The lowest BCUT2D eigenvalue weighted by molar-refractivity contribution is 0.0830. The number of furan rings is 1. The van der Waals surface area contributed by atoms with Gasteiger partial charge in [-0.1, -0.05) is 0 Å². The Morgan fingerprint density at radius 3 is 2.64 bits per heavy atom. The van der Waals surface area contributed by atoms with Crippen molar-refractivity contribution < 1.29 is 23.1 Å². The van der Waals surface area contributed by atoms with E-state index in [1.807, 2.05) is 6.07 Å². The molecule has 0 saturated carbocycles. The van der Waals surface area contributed by atoms with Gasteiger partial charge in [0.05, 0.1) is 4.88 Å². The van der Waals surface area contributed by atoms with E-state index in [4.69, 9.17) is 9.15 Å². The summed E-state index contributed by atoms with van der Waals surface area (Å²) in [6.45, 7) is 0.0893. The van der Waals surface area contributed by atoms with Crippen LogP contribution < -0.4 is 15.6 Å². The van der Waals surface area contributed by atoms with Crippen LogP contribution in [0.5, 0.6) is 5.75 Å². The fourth-order valence-corrected chi connectivity index (χ4v) is 4.09. The first-order valence-electron chi connectivity index (χ1n) is 8.78. The van der Waals surface area contributed by atoms with Crippen LogP contribution in [0.25, 0.3) is 0 Å². The number of carbonyl (C=O) groups excluding carboxylic acids is 2. The predicted molar refractivity (Wildman–Crippen MR) is 101 cm³/mol. The quantitative estimate of drug-likeness (QED) is 0.641. The highest BCUT2D eigenvalue weighted by molar-refractivity contribution is 7.14. The molecule has 0 radical (unpaired) electrons. The number of fused-ring (bicyclic) bond motifs is 1. The van der Waals surface area contributed by atoms with Crippen LogP contribution in [-0.2, 0) is 19.4 Å². The van der Waals surface area contributed by atoms with Crippen LogP contribution in [0.3, 0.4) is 0 Å². The number of benzene rings is 1. The van der Waals surface area contributed by atoms with E-state index in [0.717, 1.165) is 19.3 Å². The van der Waals surface area contributed by atoms with Gasteiger partial charge in [0.2, 0.25) is 0 Å². The molecule has 3 aromatic rings. The Kier molecular flexibility index (Phi) is 5.12. The van der Waals surface area contributed by atoms with Crippen molar-refractivity contribution in [2.24, 2.45) is 0 Å². The maximum Gasteiger partial charge on any atom is 0.305 e. The predicted octanol–water partition coefficient (Wildman–Crippen LogP) is 3.62. The number of nitrogens with one attached hydrogen (secondary N) is 2. The second kappa shape index (κ2) is 7.85. The molecule has 1 aliphatic rings. The topological polar surface area (TPSA) is 80.6 Å². The molecule has 6 nitrogen and oxygen atoms in total. The number of hydrogen-bond acceptors (Lipinski definition) is 5. The van der Waals surface area contributed by atoms with E-state index in [-0.39, 0.29) is 24.1 Å². The molecule has 2 amide bonds. The summed E-state index contributed by atoms with van der Waals surface area (Å²) >= 11 is 1.46. The van der Waals surface area contributed by atoms with Gasteiger partial charge in [-0.25, -0.2) is 4.39 Å². The Balaban J connectivity index is 1.28. The molecular formula is C20H17FN2O4S. The van der Waals surface area contributed by atoms with Crippen LogP contribution in [0.2, 0.25) is 0 Å². The van der Waals surface area contributed by atoms with Gasteiger partial charge in [-0.2, -0.15) is 0 Å². The van der Waals surface area contributed by atoms with Crippen LogP contribution in [0.1, 0.15) is 42.8 Å². The largest absolute Gasteiger partial charge is 0.486 e. The average Bonchev–Trinajstić information content (AvgIpc) is 3.41. The van der Waals surface area contributed by atoms with Crippen molar-refractivity contribution in [3.05, 3.63) is 75.1 Å². The summed E-state index contributed by atoms with van der Waals surface area (Å²) in [6.07, 6.45) is 3.14. The van der Waals surface area contributed by atoms with Gasteiger partial charge in [0.1, 0.15) is 23.9 Å². The maximum absolute atomic E-state index is 12.9. The second-order valence-corrected chi connectivity index (χ2v) is 7.47. The van der Waals surface area contributed by atoms with Crippen molar-refractivity contribution in [3.8, 4) is 5.75 Å². The number of aryl methyl sites for hydroxylation is 2. The third-order valence-electron chi connectivity index (χ3n) is 4.34. The minimum atomic E-state index is -0.564. The van der Waals surface area contributed by atoms with Gasteiger partial charge in [-0.15, -0.1) is 11.3 Å². The van der Waals surface area contributed by atoms with Crippen LogP contribution >= 0.6 is 11.3 Å². The van der Waals surface area contributed by atoms with Gasteiger partial charge in [0.25, 0.3) is 5.91 Å². The molecule has 2 heterocycles. The number of hydrogen-bond donors (Lipinski definition) is 2. The molecule has 2 N–H and O–H groups in total. The molecule has 0 fully saturated rings. The highest BCUT2D eigenvalue weighted by atomic mass is 32.1. The lowest BCUT2D eigenvalue weighted by Gasteiger charge is -2.05. The van der Waals surface area contributed by atoms with Gasteiger partial charge < -0.3 is 9.15 Å². The van der Waals surface area contributed by atoms with E-state index in [2.05, 4.69) is 10.9 Å². The van der Waals surface area contributed by atoms with E-state index < -0.39 is 5.91 Å². The number of rotatable bonds is 5. The third-order valence-corrected chi connectivity index (χ3v) is 5.58. The van der Waals surface area contributed by atoms with Crippen molar-refractivity contribution in [1.82, 2.24) is 10.9 Å². The highest BCUT2D eigenvalue weighted by Gasteiger charge is 2.19. The van der Waals surface area contributed by atoms with Crippen LogP contribution in [-0.4, -0.2) is 11.8 Å². The van der Waals surface area contributed by atoms with Gasteiger partial charge in [-0.3, -0.25) is 20.4 Å². The zero-order valence-corrected chi connectivity index (χ0v) is 15.6. The number of ether oxygens (including phenoxy) is 1. The van der Waals surface area contributed by atoms with Gasteiger partial charge in [-0.05, 0) is 67.3 Å². The molecule has 0 saturated heterocycles. The van der Waals surface area contributed by atoms with Crippen LogP contribution in [0, 0.1) is 5.82 Å². The number of carbonyl (C=O) groups is 2. The number of hydrazine groups is 1. The minimum absolute atomic E-state index is 0.0479. The zero-order valence-electron chi connectivity index (χ0n) is 14.8. The Bertz CT molecular complexity index is 988. The average molecular weight is 400 g/mol. The maximum atomic E-state index is 12.9. The van der Waals surface area contributed by atoms with E-state index in [0.29, 0.717) is 16.4 Å². The lowest BCUT2D eigenvalue weighted by Crippen LogP contribution is -2.41. The Morgan fingerprint density at radius 2 is 1.86 bits per heavy atom. The van der Waals surface area contributed by atoms with Gasteiger partial charge in [0, 0.05) is 4.88 Å². The number of amides is 2. The molecule has 1 aromatic carbocycles. The summed E-state index contributed by atoms with van der Waals surface area (Å²) in [5.41, 5.74) is 5.97. The molecule has 144 valence electrons. The fourth-order valence-electron chi connectivity index (χ4n) is 2.94. The summed E-state index contributed by atoms with van der Waals surface area (Å²) in [5, 5.41) is 0. The molecular weight excluding hydrogens is 383 g/mol. The van der Waals surface area contributed by atoms with E-state index >= 15 is 0 Å². The number of thiophene rings is 1. The van der Waals surface area contributed by atoms with Crippen molar-refractivity contribution >= 4 is 23.2 Å². The Labute approximate surface area is 164 Å². The standard InChI is InChI=1S/C20H17FN2O4S/c21-13-4-6-14(7-5-13)26-11-15-8-9-16(27-15)19(24)22-23-20(25)18-10-12-2-1-3-17(12)28-18/h4-10H,1-3,11H2,(H,22,24)(H,23,25). The first-order chi connectivity index (χ1) is 13.6. The molecule has 8 heteroatoms. The Morgan fingerprint density at radius 1 is 1.07 bits per heavy atom.